The molecule has 0 bridgehead atoms. The number of para-hydroxylation sites is 1. The number of furan rings is 1. The van der Waals surface area contributed by atoms with E-state index in [1.807, 2.05) is 12.1 Å². The summed E-state index contributed by atoms with van der Waals surface area (Å²) < 4.78 is 12.2. The van der Waals surface area contributed by atoms with E-state index in [0.717, 1.165) is 30.8 Å². The van der Waals surface area contributed by atoms with E-state index in [1.54, 1.807) is 0 Å². The Labute approximate surface area is 151 Å². The Bertz CT molecular complexity index is 800. The summed E-state index contributed by atoms with van der Waals surface area (Å²) in [6, 6.07) is 20.1. The molecule has 3 aromatic rings. The van der Waals surface area contributed by atoms with Crippen LogP contribution >= 0.6 is 0 Å². The van der Waals surface area contributed by atoms with Gasteiger partial charge in [-0.1, -0.05) is 68.2 Å². The SMILES string of the molecule is C[Si](C)(C)CCOCc1c(CCc2ccccc2)oc2ccccc12. The molecule has 0 saturated heterocycles. The van der Waals surface area contributed by atoms with Gasteiger partial charge in [0.1, 0.15) is 11.3 Å². The Kier molecular flexibility index (Phi) is 5.77. The molecule has 3 heteroatoms. The number of fused-ring (bicyclic) bond motifs is 1. The number of benzene rings is 2. The summed E-state index contributed by atoms with van der Waals surface area (Å²) in [5.74, 6) is 1.07. The lowest BCUT2D eigenvalue weighted by atomic mass is 10.1. The lowest BCUT2D eigenvalue weighted by Gasteiger charge is -2.15. The van der Waals surface area contributed by atoms with Crippen LogP contribution in [-0.2, 0) is 24.2 Å². The Morgan fingerprint density at radius 1 is 0.880 bits per heavy atom. The zero-order valence-corrected chi connectivity index (χ0v) is 16.5. The third kappa shape index (κ3) is 5.07. The van der Waals surface area contributed by atoms with Gasteiger partial charge in [-0.05, 0) is 24.1 Å². The molecule has 0 fully saturated rings. The van der Waals surface area contributed by atoms with Gasteiger partial charge in [0.15, 0.2) is 0 Å². The van der Waals surface area contributed by atoms with Crippen molar-refractivity contribution in [3.05, 3.63) is 71.5 Å². The van der Waals surface area contributed by atoms with Crippen LogP contribution in [0.25, 0.3) is 11.0 Å². The van der Waals surface area contributed by atoms with Crippen molar-refractivity contribution >= 4 is 19.0 Å². The van der Waals surface area contributed by atoms with Crippen molar-refractivity contribution < 1.29 is 9.15 Å². The van der Waals surface area contributed by atoms with Gasteiger partial charge in [0.2, 0.25) is 0 Å². The molecule has 25 heavy (non-hydrogen) atoms. The fourth-order valence-corrected chi connectivity index (χ4v) is 3.72. The van der Waals surface area contributed by atoms with Crippen molar-refractivity contribution in [2.45, 2.75) is 45.1 Å². The molecule has 0 spiro atoms. The van der Waals surface area contributed by atoms with Crippen LogP contribution in [0.3, 0.4) is 0 Å². The summed E-state index contributed by atoms with van der Waals surface area (Å²) >= 11 is 0. The van der Waals surface area contributed by atoms with Gasteiger partial charge in [0.25, 0.3) is 0 Å². The maximum atomic E-state index is 6.15. The second kappa shape index (κ2) is 8.02. The van der Waals surface area contributed by atoms with Crippen LogP contribution < -0.4 is 0 Å². The molecule has 0 N–H and O–H groups in total. The summed E-state index contributed by atoms with van der Waals surface area (Å²) in [6.07, 6.45) is 1.90. The molecule has 0 amide bonds. The molecule has 1 heterocycles. The highest BCUT2D eigenvalue weighted by molar-refractivity contribution is 6.76. The molecular formula is C22H28O2Si. The Hall–Kier alpha value is -1.84. The second-order valence-electron chi connectivity index (χ2n) is 7.85. The summed E-state index contributed by atoms with van der Waals surface area (Å²) in [5, 5.41) is 1.19. The lowest BCUT2D eigenvalue weighted by molar-refractivity contribution is 0.132. The second-order valence-corrected chi connectivity index (χ2v) is 13.5. The first kappa shape index (κ1) is 18.0. The fourth-order valence-electron chi connectivity index (χ4n) is 2.96. The molecule has 0 unspecified atom stereocenters. The molecule has 0 saturated carbocycles. The van der Waals surface area contributed by atoms with Crippen LogP contribution in [0.1, 0.15) is 16.9 Å². The van der Waals surface area contributed by atoms with Crippen molar-refractivity contribution in [1.82, 2.24) is 0 Å². The molecule has 0 aliphatic carbocycles. The Morgan fingerprint density at radius 2 is 1.60 bits per heavy atom. The van der Waals surface area contributed by atoms with Crippen LogP contribution in [0.4, 0.5) is 0 Å². The minimum absolute atomic E-state index is 0.644. The molecule has 3 rings (SSSR count). The minimum atomic E-state index is -1.05. The molecule has 2 aromatic carbocycles. The van der Waals surface area contributed by atoms with Crippen molar-refractivity contribution in [1.29, 1.82) is 0 Å². The van der Waals surface area contributed by atoms with E-state index in [-0.39, 0.29) is 0 Å². The molecular weight excluding hydrogens is 324 g/mol. The summed E-state index contributed by atoms with van der Waals surface area (Å²) in [6.45, 7) is 8.64. The zero-order chi connectivity index (χ0) is 17.7. The van der Waals surface area contributed by atoms with Gasteiger partial charge < -0.3 is 9.15 Å². The van der Waals surface area contributed by atoms with E-state index in [2.05, 4.69) is 62.1 Å². The smallest absolute Gasteiger partial charge is 0.134 e. The summed E-state index contributed by atoms with van der Waals surface area (Å²) in [4.78, 5) is 0. The van der Waals surface area contributed by atoms with Crippen LogP contribution in [0.5, 0.6) is 0 Å². The van der Waals surface area contributed by atoms with Crippen LogP contribution in [-0.4, -0.2) is 14.7 Å². The van der Waals surface area contributed by atoms with Crippen molar-refractivity contribution in [2.75, 3.05) is 6.61 Å². The predicted molar refractivity (Wildman–Crippen MR) is 108 cm³/mol. The van der Waals surface area contributed by atoms with E-state index >= 15 is 0 Å². The molecule has 0 radical (unpaired) electrons. The van der Waals surface area contributed by atoms with Gasteiger partial charge in [-0.15, -0.1) is 0 Å². The number of ether oxygens (including phenoxy) is 1. The molecule has 2 nitrogen and oxygen atoms in total. The van der Waals surface area contributed by atoms with Crippen LogP contribution in [0.2, 0.25) is 25.7 Å². The first-order valence-corrected chi connectivity index (χ1v) is 12.8. The Balaban J connectivity index is 1.72. The van der Waals surface area contributed by atoms with E-state index < -0.39 is 8.07 Å². The highest BCUT2D eigenvalue weighted by atomic mass is 28.3. The first-order chi connectivity index (χ1) is 12.0. The highest BCUT2D eigenvalue weighted by Gasteiger charge is 2.16. The monoisotopic (exact) mass is 352 g/mol. The summed E-state index contributed by atoms with van der Waals surface area (Å²) in [7, 11) is -1.05. The van der Waals surface area contributed by atoms with Gasteiger partial charge >= 0.3 is 0 Å². The number of hydrogen-bond acceptors (Lipinski definition) is 2. The average molecular weight is 353 g/mol. The number of aryl methyl sites for hydroxylation is 2. The van der Waals surface area contributed by atoms with Crippen molar-refractivity contribution in [2.24, 2.45) is 0 Å². The van der Waals surface area contributed by atoms with Gasteiger partial charge in [0, 0.05) is 32.1 Å². The normalized spacial score (nSPS) is 12.0. The third-order valence-electron chi connectivity index (χ3n) is 4.51. The van der Waals surface area contributed by atoms with E-state index in [0.29, 0.717) is 6.61 Å². The first-order valence-electron chi connectivity index (χ1n) is 9.14. The quantitative estimate of drug-likeness (QED) is 0.362. The van der Waals surface area contributed by atoms with E-state index in [4.69, 9.17) is 9.15 Å². The van der Waals surface area contributed by atoms with Gasteiger partial charge in [-0.3, -0.25) is 0 Å². The number of rotatable bonds is 8. The van der Waals surface area contributed by atoms with Crippen LogP contribution in [0, 0.1) is 0 Å². The standard InChI is InChI=1S/C22H28O2Si/c1-25(2,3)16-15-23-17-20-19-11-7-8-12-21(19)24-22(20)14-13-18-9-5-4-6-10-18/h4-12H,13-17H2,1-3H3. The van der Waals surface area contributed by atoms with Crippen molar-refractivity contribution in [3.63, 3.8) is 0 Å². The van der Waals surface area contributed by atoms with Gasteiger partial charge in [-0.2, -0.15) is 0 Å². The summed E-state index contributed by atoms with van der Waals surface area (Å²) in [5.41, 5.74) is 3.53. The van der Waals surface area contributed by atoms with Gasteiger partial charge in [-0.25, -0.2) is 0 Å². The molecule has 0 aliphatic rings. The largest absolute Gasteiger partial charge is 0.461 e. The van der Waals surface area contributed by atoms with E-state index in [9.17, 15) is 0 Å². The minimum Gasteiger partial charge on any atom is -0.461 e. The maximum Gasteiger partial charge on any atom is 0.134 e. The molecule has 1 aromatic heterocycles. The van der Waals surface area contributed by atoms with Gasteiger partial charge in [0.05, 0.1) is 6.61 Å². The lowest BCUT2D eigenvalue weighted by Crippen LogP contribution is -2.21. The average Bonchev–Trinajstić information content (AvgIpc) is 2.95. The number of hydrogen-bond donors (Lipinski definition) is 0. The van der Waals surface area contributed by atoms with E-state index in [1.165, 1.54) is 22.6 Å². The molecule has 0 aliphatic heterocycles. The molecule has 0 atom stereocenters. The van der Waals surface area contributed by atoms with Crippen molar-refractivity contribution in [3.8, 4) is 0 Å². The topological polar surface area (TPSA) is 22.4 Å². The zero-order valence-electron chi connectivity index (χ0n) is 15.5. The fraction of sp³-hybridized carbons (Fsp3) is 0.364. The van der Waals surface area contributed by atoms with Crippen LogP contribution in [0.15, 0.2) is 59.0 Å². The Morgan fingerprint density at radius 3 is 2.36 bits per heavy atom. The predicted octanol–water partition coefficient (Wildman–Crippen LogP) is 6.07. The third-order valence-corrected chi connectivity index (χ3v) is 6.21. The highest BCUT2D eigenvalue weighted by Crippen LogP contribution is 2.28. The maximum absolute atomic E-state index is 6.15. The molecule has 132 valence electrons.